The zero-order valence-corrected chi connectivity index (χ0v) is 18.9. The molecule has 2 aromatic heterocycles. The number of aromatic nitrogens is 3. The largest absolute Gasteiger partial charge is 0.466 e. The van der Waals surface area contributed by atoms with E-state index in [1.807, 2.05) is 31.2 Å². The molecule has 0 unspecified atom stereocenters. The minimum atomic E-state index is -0.0848. The fraction of sp³-hybridized carbons (Fsp3) is 0.440. The monoisotopic (exact) mass is 434 g/mol. The molecule has 1 fully saturated rings. The van der Waals surface area contributed by atoms with Crippen LogP contribution in [0.25, 0.3) is 22.8 Å². The quantitative estimate of drug-likeness (QED) is 0.498. The number of rotatable bonds is 9. The minimum absolute atomic E-state index is 0.0286. The Hall–Kier alpha value is -3.06. The van der Waals surface area contributed by atoms with Crippen LogP contribution in [0.4, 0.5) is 0 Å². The first kappa shape index (κ1) is 22.1. The number of pyridine rings is 1. The van der Waals surface area contributed by atoms with Crippen molar-refractivity contribution in [1.82, 2.24) is 20.4 Å². The van der Waals surface area contributed by atoms with Gasteiger partial charge in [-0.15, -0.1) is 0 Å². The van der Waals surface area contributed by atoms with Crippen molar-refractivity contribution in [2.75, 3.05) is 6.61 Å². The number of nitrogens with zero attached hydrogens (tertiary/aromatic N) is 3. The Morgan fingerprint density at radius 2 is 1.91 bits per heavy atom. The van der Waals surface area contributed by atoms with E-state index >= 15 is 0 Å². The highest BCUT2D eigenvalue weighted by atomic mass is 16.5. The summed E-state index contributed by atoms with van der Waals surface area (Å²) in [5.41, 5.74) is 3.95. The molecule has 7 nitrogen and oxygen atoms in total. The van der Waals surface area contributed by atoms with Crippen LogP contribution >= 0.6 is 0 Å². The third kappa shape index (κ3) is 5.40. The molecule has 1 aromatic carbocycles. The van der Waals surface area contributed by atoms with Gasteiger partial charge >= 0.3 is 5.97 Å². The van der Waals surface area contributed by atoms with Crippen molar-refractivity contribution in [3.63, 3.8) is 0 Å². The maximum absolute atomic E-state index is 11.7. The van der Waals surface area contributed by atoms with Gasteiger partial charge in [0.15, 0.2) is 0 Å². The van der Waals surface area contributed by atoms with Crippen molar-refractivity contribution in [3.05, 3.63) is 53.9 Å². The SMILES string of the molecule is CCOC(=O)[C@H]1C[C@@H](NCc2ccc(-c3nc(-c4ccc(CC(C)C)cc4)no3)cn2)C1. The first-order chi connectivity index (χ1) is 15.5. The van der Waals surface area contributed by atoms with Crippen LogP contribution in [0.5, 0.6) is 0 Å². The van der Waals surface area contributed by atoms with Gasteiger partial charge in [-0.3, -0.25) is 9.78 Å². The summed E-state index contributed by atoms with van der Waals surface area (Å²) in [6.45, 7) is 7.35. The summed E-state index contributed by atoms with van der Waals surface area (Å²) in [5, 5.41) is 7.57. The molecule has 4 rings (SSSR count). The standard InChI is InChI=1S/C25H30N4O3/c1-4-31-25(30)20-12-22(13-20)27-15-21-10-9-19(14-26-21)24-28-23(29-32-24)18-7-5-17(6-8-18)11-16(2)3/h5-10,14,16,20,22,27H,4,11-13,15H2,1-3H3/t20-,22+. The van der Waals surface area contributed by atoms with E-state index < -0.39 is 0 Å². The van der Waals surface area contributed by atoms with Crippen molar-refractivity contribution < 1.29 is 14.1 Å². The molecule has 168 valence electrons. The summed E-state index contributed by atoms with van der Waals surface area (Å²) in [6, 6.07) is 12.5. The van der Waals surface area contributed by atoms with Gasteiger partial charge in [-0.1, -0.05) is 43.3 Å². The van der Waals surface area contributed by atoms with E-state index in [1.54, 1.807) is 6.20 Å². The Morgan fingerprint density at radius 1 is 1.16 bits per heavy atom. The molecule has 0 bridgehead atoms. The van der Waals surface area contributed by atoms with Crippen LogP contribution in [-0.2, 0) is 22.5 Å². The molecule has 0 saturated heterocycles. The molecule has 0 aliphatic heterocycles. The summed E-state index contributed by atoms with van der Waals surface area (Å²) in [4.78, 5) is 20.7. The predicted molar refractivity (Wildman–Crippen MR) is 121 cm³/mol. The third-order valence-electron chi connectivity index (χ3n) is 5.68. The van der Waals surface area contributed by atoms with Gasteiger partial charge in [-0.05, 0) is 49.8 Å². The van der Waals surface area contributed by atoms with Crippen LogP contribution in [0, 0.1) is 11.8 Å². The highest BCUT2D eigenvalue weighted by molar-refractivity contribution is 5.73. The average Bonchev–Trinajstić information content (AvgIpc) is 3.23. The number of carbonyl (C=O) groups excluding carboxylic acids is 1. The Kier molecular flexibility index (Phi) is 6.95. The lowest BCUT2D eigenvalue weighted by Gasteiger charge is -2.34. The van der Waals surface area contributed by atoms with Gasteiger partial charge in [0.1, 0.15) is 0 Å². The van der Waals surface area contributed by atoms with Crippen LogP contribution in [0.3, 0.4) is 0 Å². The van der Waals surface area contributed by atoms with Crippen LogP contribution in [0.15, 0.2) is 47.1 Å². The number of hydrogen-bond donors (Lipinski definition) is 1. The summed E-state index contributed by atoms with van der Waals surface area (Å²) in [7, 11) is 0. The summed E-state index contributed by atoms with van der Waals surface area (Å²) in [5.74, 6) is 1.59. The van der Waals surface area contributed by atoms with E-state index in [9.17, 15) is 4.79 Å². The third-order valence-corrected chi connectivity index (χ3v) is 5.68. The zero-order valence-electron chi connectivity index (χ0n) is 18.9. The lowest BCUT2D eigenvalue weighted by Crippen LogP contribution is -2.44. The molecule has 2 heterocycles. The number of esters is 1. The second kappa shape index (κ2) is 10.0. The number of hydrogen-bond acceptors (Lipinski definition) is 7. The highest BCUT2D eigenvalue weighted by Gasteiger charge is 2.35. The molecule has 1 saturated carbocycles. The Bertz CT molecular complexity index is 1020. The first-order valence-electron chi connectivity index (χ1n) is 11.3. The van der Waals surface area contributed by atoms with E-state index in [0.29, 0.717) is 36.8 Å². The molecule has 7 heteroatoms. The van der Waals surface area contributed by atoms with E-state index in [2.05, 4.69) is 46.4 Å². The molecule has 0 atom stereocenters. The number of benzene rings is 1. The van der Waals surface area contributed by atoms with Gasteiger partial charge < -0.3 is 14.6 Å². The zero-order chi connectivity index (χ0) is 22.5. The molecule has 0 amide bonds. The Labute approximate surface area is 188 Å². The molecule has 0 radical (unpaired) electrons. The molecule has 1 aliphatic carbocycles. The molecular formula is C25H30N4O3. The van der Waals surface area contributed by atoms with E-state index in [-0.39, 0.29) is 11.9 Å². The van der Waals surface area contributed by atoms with Crippen LogP contribution < -0.4 is 5.32 Å². The predicted octanol–water partition coefficient (Wildman–Crippen LogP) is 4.43. The maximum Gasteiger partial charge on any atom is 0.309 e. The normalized spacial score (nSPS) is 17.9. The molecule has 3 aromatic rings. The van der Waals surface area contributed by atoms with Crippen molar-refractivity contribution in [3.8, 4) is 22.8 Å². The molecule has 0 spiro atoms. The Balaban J connectivity index is 1.30. The first-order valence-corrected chi connectivity index (χ1v) is 11.3. The average molecular weight is 435 g/mol. The molecular weight excluding hydrogens is 404 g/mol. The minimum Gasteiger partial charge on any atom is -0.466 e. The molecule has 1 N–H and O–H groups in total. The Morgan fingerprint density at radius 3 is 2.56 bits per heavy atom. The second-order valence-corrected chi connectivity index (χ2v) is 8.75. The number of carbonyl (C=O) groups is 1. The van der Waals surface area contributed by atoms with Crippen molar-refractivity contribution in [2.24, 2.45) is 11.8 Å². The van der Waals surface area contributed by atoms with E-state index in [4.69, 9.17) is 9.26 Å². The van der Waals surface area contributed by atoms with Crippen molar-refractivity contribution in [2.45, 2.75) is 52.6 Å². The second-order valence-electron chi connectivity index (χ2n) is 8.75. The van der Waals surface area contributed by atoms with Crippen molar-refractivity contribution in [1.29, 1.82) is 0 Å². The van der Waals surface area contributed by atoms with Gasteiger partial charge in [0, 0.05) is 24.3 Å². The maximum atomic E-state index is 11.7. The lowest BCUT2D eigenvalue weighted by atomic mass is 9.80. The van der Waals surface area contributed by atoms with E-state index in [1.165, 1.54) is 5.56 Å². The number of ether oxygens (including phenoxy) is 1. The number of nitrogens with one attached hydrogen (secondary N) is 1. The van der Waals surface area contributed by atoms with Crippen molar-refractivity contribution >= 4 is 5.97 Å². The molecule has 32 heavy (non-hydrogen) atoms. The summed E-state index contributed by atoms with van der Waals surface area (Å²) in [6.07, 6.45) is 4.44. The summed E-state index contributed by atoms with van der Waals surface area (Å²) < 4.78 is 10.5. The fourth-order valence-electron chi connectivity index (χ4n) is 3.86. The highest BCUT2D eigenvalue weighted by Crippen LogP contribution is 2.29. The molecule has 1 aliphatic rings. The topological polar surface area (TPSA) is 90.1 Å². The van der Waals surface area contributed by atoms with Gasteiger partial charge in [0.25, 0.3) is 5.89 Å². The van der Waals surface area contributed by atoms with Crippen LogP contribution in [0.2, 0.25) is 0 Å². The van der Waals surface area contributed by atoms with E-state index in [0.717, 1.165) is 36.1 Å². The van der Waals surface area contributed by atoms with Gasteiger partial charge in [0.2, 0.25) is 5.82 Å². The van der Waals surface area contributed by atoms with Gasteiger partial charge in [-0.25, -0.2) is 0 Å². The smallest absolute Gasteiger partial charge is 0.309 e. The van der Waals surface area contributed by atoms with Gasteiger partial charge in [0.05, 0.1) is 23.8 Å². The van der Waals surface area contributed by atoms with Crippen LogP contribution in [0.1, 0.15) is 44.9 Å². The van der Waals surface area contributed by atoms with Crippen LogP contribution in [-0.4, -0.2) is 33.7 Å². The fourth-order valence-corrected chi connectivity index (χ4v) is 3.86. The lowest BCUT2D eigenvalue weighted by molar-refractivity contribution is -0.151. The summed E-state index contributed by atoms with van der Waals surface area (Å²) >= 11 is 0. The van der Waals surface area contributed by atoms with Gasteiger partial charge in [-0.2, -0.15) is 4.98 Å².